The summed E-state index contributed by atoms with van der Waals surface area (Å²) in [6.45, 7) is 3.33. The van der Waals surface area contributed by atoms with Crippen molar-refractivity contribution in [1.82, 2.24) is 10.2 Å². The van der Waals surface area contributed by atoms with E-state index in [0.29, 0.717) is 0 Å². The quantitative estimate of drug-likeness (QED) is 0.819. The maximum Gasteiger partial charge on any atom is 0.246 e. The number of amides is 1. The first-order valence-corrected chi connectivity index (χ1v) is 6.38. The number of nitrogens with zero attached hydrogens (tertiary/aromatic N) is 1. The molecule has 0 saturated carbocycles. The minimum atomic E-state index is 0.0750. The number of hydrogen-bond donors (Lipinski definition) is 1. The lowest BCUT2D eigenvalue weighted by molar-refractivity contribution is -0.126. The molecular formula is C11H13ClN2OS. The van der Waals surface area contributed by atoms with Gasteiger partial charge < -0.3 is 10.2 Å². The lowest BCUT2D eigenvalue weighted by atomic mass is 10.3. The Kier molecular flexibility index (Phi) is 3.98. The molecule has 1 aliphatic rings. The SMILES string of the molecule is O=C(/C=C/c1ccc(Cl)s1)N1CCNCC1. The lowest BCUT2D eigenvalue weighted by Crippen LogP contribution is -2.45. The van der Waals surface area contributed by atoms with Crippen molar-refractivity contribution < 1.29 is 4.79 Å². The number of rotatable bonds is 2. The third-order valence-electron chi connectivity index (χ3n) is 2.41. The second kappa shape index (κ2) is 5.48. The first kappa shape index (κ1) is 11.6. The molecule has 3 nitrogen and oxygen atoms in total. The van der Waals surface area contributed by atoms with Gasteiger partial charge in [-0.05, 0) is 18.2 Å². The highest BCUT2D eigenvalue weighted by Crippen LogP contribution is 2.22. The molecule has 2 heterocycles. The van der Waals surface area contributed by atoms with Crippen molar-refractivity contribution in [1.29, 1.82) is 0 Å². The molecule has 0 radical (unpaired) electrons. The van der Waals surface area contributed by atoms with Crippen molar-refractivity contribution in [2.24, 2.45) is 0 Å². The Morgan fingerprint density at radius 2 is 2.19 bits per heavy atom. The number of nitrogens with one attached hydrogen (secondary N) is 1. The fourth-order valence-electron chi connectivity index (χ4n) is 1.56. The zero-order chi connectivity index (χ0) is 11.4. The van der Waals surface area contributed by atoms with Gasteiger partial charge in [-0.25, -0.2) is 0 Å². The van der Waals surface area contributed by atoms with Crippen LogP contribution >= 0.6 is 22.9 Å². The standard InChI is InChI=1S/C11H13ClN2OS/c12-10-3-1-9(16-10)2-4-11(15)14-7-5-13-6-8-14/h1-4,13H,5-8H2/b4-2+. The largest absolute Gasteiger partial charge is 0.337 e. The van der Waals surface area contributed by atoms with Crippen LogP contribution in [0.15, 0.2) is 18.2 Å². The van der Waals surface area contributed by atoms with Gasteiger partial charge in [0.05, 0.1) is 4.34 Å². The predicted molar refractivity (Wildman–Crippen MR) is 67.8 cm³/mol. The third-order valence-corrected chi connectivity index (χ3v) is 3.61. The highest BCUT2D eigenvalue weighted by molar-refractivity contribution is 7.17. The Hall–Kier alpha value is -0.840. The van der Waals surface area contributed by atoms with Gasteiger partial charge in [0.25, 0.3) is 0 Å². The number of piperazine rings is 1. The molecule has 16 heavy (non-hydrogen) atoms. The minimum Gasteiger partial charge on any atom is -0.337 e. The Morgan fingerprint density at radius 3 is 2.81 bits per heavy atom. The number of thiophene rings is 1. The van der Waals surface area contributed by atoms with Gasteiger partial charge in [-0.1, -0.05) is 11.6 Å². The monoisotopic (exact) mass is 256 g/mol. The second-order valence-corrected chi connectivity index (χ2v) is 5.30. The molecule has 1 fully saturated rings. The van der Waals surface area contributed by atoms with Crippen molar-refractivity contribution in [2.75, 3.05) is 26.2 Å². The molecule has 0 aliphatic carbocycles. The van der Waals surface area contributed by atoms with Gasteiger partial charge in [0.2, 0.25) is 5.91 Å². The molecule has 1 aromatic rings. The summed E-state index contributed by atoms with van der Waals surface area (Å²) >= 11 is 7.28. The highest BCUT2D eigenvalue weighted by Gasteiger charge is 2.13. The maximum atomic E-state index is 11.8. The molecule has 1 aromatic heterocycles. The molecule has 1 saturated heterocycles. The van der Waals surface area contributed by atoms with E-state index < -0.39 is 0 Å². The zero-order valence-corrected chi connectivity index (χ0v) is 10.4. The van der Waals surface area contributed by atoms with Crippen LogP contribution in [0.1, 0.15) is 4.88 Å². The summed E-state index contributed by atoms with van der Waals surface area (Å²) in [6, 6.07) is 3.75. The molecule has 86 valence electrons. The van der Waals surface area contributed by atoms with Gasteiger partial charge in [-0.2, -0.15) is 0 Å². The first-order valence-electron chi connectivity index (χ1n) is 5.19. The lowest BCUT2D eigenvalue weighted by Gasteiger charge is -2.26. The Labute approximate surface area is 104 Å². The average Bonchev–Trinajstić information content (AvgIpc) is 2.73. The molecule has 0 spiro atoms. The van der Waals surface area contributed by atoms with Crippen LogP contribution in [0.5, 0.6) is 0 Å². The molecule has 0 unspecified atom stereocenters. The molecule has 1 amide bonds. The van der Waals surface area contributed by atoms with Gasteiger partial charge in [0, 0.05) is 37.1 Å². The van der Waals surface area contributed by atoms with E-state index in [2.05, 4.69) is 5.32 Å². The summed E-state index contributed by atoms with van der Waals surface area (Å²) < 4.78 is 0.745. The number of carbonyl (C=O) groups excluding carboxylic acids is 1. The van der Waals surface area contributed by atoms with Gasteiger partial charge in [0.1, 0.15) is 0 Å². The molecule has 1 N–H and O–H groups in total. The third kappa shape index (κ3) is 3.07. The predicted octanol–water partition coefficient (Wildman–Crippen LogP) is 1.85. The second-order valence-electron chi connectivity index (χ2n) is 3.55. The van der Waals surface area contributed by atoms with Crippen LogP contribution in [-0.2, 0) is 4.79 Å². The molecule has 0 bridgehead atoms. The van der Waals surface area contributed by atoms with Crippen LogP contribution in [0.4, 0.5) is 0 Å². The van der Waals surface area contributed by atoms with Crippen LogP contribution in [0.25, 0.3) is 6.08 Å². The molecule has 2 rings (SSSR count). The number of carbonyl (C=O) groups is 1. The smallest absolute Gasteiger partial charge is 0.246 e. The molecule has 5 heteroatoms. The molecule has 0 atom stereocenters. The van der Waals surface area contributed by atoms with Crippen molar-refractivity contribution in [3.63, 3.8) is 0 Å². The fraction of sp³-hybridized carbons (Fsp3) is 0.364. The van der Waals surface area contributed by atoms with E-state index >= 15 is 0 Å². The highest BCUT2D eigenvalue weighted by atomic mass is 35.5. The summed E-state index contributed by atoms with van der Waals surface area (Å²) in [5.41, 5.74) is 0. The summed E-state index contributed by atoms with van der Waals surface area (Å²) in [6.07, 6.45) is 3.44. The van der Waals surface area contributed by atoms with Crippen molar-refractivity contribution in [2.45, 2.75) is 0 Å². The van der Waals surface area contributed by atoms with E-state index in [4.69, 9.17) is 11.6 Å². The van der Waals surface area contributed by atoms with Crippen LogP contribution in [0.2, 0.25) is 4.34 Å². The number of hydrogen-bond acceptors (Lipinski definition) is 3. The molecule has 1 aliphatic heterocycles. The topological polar surface area (TPSA) is 32.3 Å². The van der Waals surface area contributed by atoms with E-state index in [9.17, 15) is 4.79 Å². The summed E-state index contributed by atoms with van der Waals surface area (Å²) in [5.74, 6) is 0.0750. The summed E-state index contributed by atoms with van der Waals surface area (Å²) in [5, 5.41) is 3.21. The Morgan fingerprint density at radius 1 is 1.44 bits per heavy atom. The van der Waals surface area contributed by atoms with Gasteiger partial charge >= 0.3 is 0 Å². The normalized spacial score (nSPS) is 16.9. The van der Waals surface area contributed by atoms with Crippen molar-refractivity contribution in [3.05, 3.63) is 27.4 Å². The van der Waals surface area contributed by atoms with Crippen LogP contribution in [0, 0.1) is 0 Å². The average molecular weight is 257 g/mol. The van der Waals surface area contributed by atoms with Crippen molar-refractivity contribution >= 4 is 34.9 Å². The zero-order valence-electron chi connectivity index (χ0n) is 8.78. The summed E-state index contributed by atoms with van der Waals surface area (Å²) in [7, 11) is 0. The van der Waals surface area contributed by atoms with E-state index in [1.54, 1.807) is 6.08 Å². The van der Waals surface area contributed by atoms with E-state index in [1.165, 1.54) is 11.3 Å². The molecule has 0 aromatic carbocycles. The fourth-order valence-corrected chi connectivity index (χ4v) is 2.53. The molecular weight excluding hydrogens is 244 g/mol. The maximum absolute atomic E-state index is 11.8. The minimum absolute atomic E-state index is 0.0750. The number of halogens is 1. The Balaban J connectivity index is 1.93. The Bertz CT molecular complexity index is 396. The van der Waals surface area contributed by atoms with Crippen molar-refractivity contribution in [3.8, 4) is 0 Å². The van der Waals surface area contributed by atoms with E-state index in [-0.39, 0.29) is 5.91 Å². The van der Waals surface area contributed by atoms with E-state index in [1.807, 2.05) is 23.1 Å². The van der Waals surface area contributed by atoms with Gasteiger partial charge in [-0.3, -0.25) is 4.79 Å². The summed E-state index contributed by atoms with van der Waals surface area (Å²) in [4.78, 5) is 14.6. The van der Waals surface area contributed by atoms with Crippen LogP contribution in [0.3, 0.4) is 0 Å². The van der Waals surface area contributed by atoms with Crippen LogP contribution in [-0.4, -0.2) is 37.0 Å². The first-order chi connectivity index (χ1) is 7.75. The van der Waals surface area contributed by atoms with Gasteiger partial charge in [0.15, 0.2) is 0 Å². The van der Waals surface area contributed by atoms with E-state index in [0.717, 1.165) is 35.4 Å². The van der Waals surface area contributed by atoms with Gasteiger partial charge in [-0.15, -0.1) is 11.3 Å². The van der Waals surface area contributed by atoms with Crippen LogP contribution < -0.4 is 5.32 Å².